The molecule has 0 aliphatic carbocycles. The standard InChI is InChI=1S/C14H14ClN3O/c1-9-4-3-5-16-12(9)7-13(19)18-11-6-10(2)14(15)17-8-11/h3-6,8H,7H2,1-2H3,(H,18,19). The summed E-state index contributed by atoms with van der Waals surface area (Å²) in [5.41, 5.74) is 3.25. The molecule has 2 rings (SSSR count). The lowest BCUT2D eigenvalue weighted by atomic mass is 10.1. The van der Waals surface area contributed by atoms with Crippen molar-refractivity contribution >= 4 is 23.2 Å². The van der Waals surface area contributed by atoms with Crippen LogP contribution in [0.2, 0.25) is 5.15 Å². The number of aryl methyl sites for hydroxylation is 2. The zero-order valence-corrected chi connectivity index (χ0v) is 11.5. The van der Waals surface area contributed by atoms with Gasteiger partial charge in [0, 0.05) is 6.20 Å². The zero-order valence-electron chi connectivity index (χ0n) is 10.8. The Balaban J connectivity index is 2.05. The third kappa shape index (κ3) is 3.51. The topological polar surface area (TPSA) is 54.9 Å². The molecule has 0 aliphatic rings. The van der Waals surface area contributed by atoms with Crippen LogP contribution in [0.1, 0.15) is 16.8 Å². The molecule has 0 saturated heterocycles. The van der Waals surface area contributed by atoms with Crippen molar-refractivity contribution in [2.45, 2.75) is 20.3 Å². The van der Waals surface area contributed by atoms with Crippen molar-refractivity contribution in [1.82, 2.24) is 9.97 Å². The van der Waals surface area contributed by atoms with Crippen molar-refractivity contribution in [3.8, 4) is 0 Å². The molecule has 1 N–H and O–H groups in total. The molecule has 0 aliphatic heterocycles. The number of carbonyl (C=O) groups is 1. The fourth-order valence-electron chi connectivity index (χ4n) is 1.69. The van der Waals surface area contributed by atoms with Gasteiger partial charge in [0.15, 0.2) is 0 Å². The van der Waals surface area contributed by atoms with Gasteiger partial charge in [-0.05, 0) is 37.1 Å². The van der Waals surface area contributed by atoms with Gasteiger partial charge >= 0.3 is 0 Å². The number of nitrogens with one attached hydrogen (secondary N) is 1. The van der Waals surface area contributed by atoms with Crippen molar-refractivity contribution in [2.24, 2.45) is 0 Å². The van der Waals surface area contributed by atoms with Crippen LogP contribution in [0.4, 0.5) is 5.69 Å². The monoisotopic (exact) mass is 275 g/mol. The van der Waals surface area contributed by atoms with Crippen LogP contribution in [0.3, 0.4) is 0 Å². The molecular formula is C14H14ClN3O. The molecule has 4 nitrogen and oxygen atoms in total. The maximum Gasteiger partial charge on any atom is 0.230 e. The molecule has 0 spiro atoms. The first-order chi connectivity index (χ1) is 9.06. The Hall–Kier alpha value is -1.94. The largest absolute Gasteiger partial charge is 0.324 e. The van der Waals surface area contributed by atoms with Gasteiger partial charge in [-0.15, -0.1) is 0 Å². The van der Waals surface area contributed by atoms with E-state index in [1.807, 2.05) is 26.0 Å². The second-order valence-corrected chi connectivity index (χ2v) is 4.68. The maximum atomic E-state index is 11.9. The van der Waals surface area contributed by atoms with E-state index in [9.17, 15) is 4.79 Å². The van der Waals surface area contributed by atoms with Crippen LogP contribution >= 0.6 is 11.6 Å². The van der Waals surface area contributed by atoms with E-state index in [0.717, 1.165) is 16.8 Å². The predicted molar refractivity (Wildman–Crippen MR) is 75.3 cm³/mol. The van der Waals surface area contributed by atoms with Crippen LogP contribution in [0.15, 0.2) is 30.6 Å². The highest BCUT2D eigenvalue weighted by Gasteiger charge is 2.08. The Morgan fingerprint density at radius 1 is 1.32 bits per heavy atom. The van der Waals surface area contributed by atoms with Crippen LogP contribution in [-0.2, 0) is 11.2 Å². The average Bonchev–Trinajstić information content (AvgIpc) is 2.37. The molecular weight excluding hydrogens is 262 g/mol. The molecule has 2 aromatic heterocycles. The van der Waals surface area contributed by atoms with E-state index < -0.39 is 0 Å². The van der Waals surface area contributed by atoms with Crippen LogP contribution in [0.5, 0.6) is 0 Å². The van der Waals surface area contributed by atoms with Gasteiger partial charge in [-0.3, -0.25) is 9.78 Å². The molecule has 2 heterocycles. The number of amides is 1. The molecule has 1 amide bonds. The number of pyridine rings is 2. The quantitative estimate of drug-likeness (QED) is 0.876. The van der Waals surface area contributed by atoms with Crippen LogP contribution < -0.4 is 5.32 Å². The fourth-order valence-corrected chi connectivity index (χ4v) is 1.79. The van der Waals surface area contributed by atoms with E-state index in [2.05, 4.69) is 15.3 Å². The Bertz CT molecular complexity index is 613. The zero-order chi connectivity index (χ0) is 13.8. The number of carbonyl (C=O) groups excluding carboxylic acids is 1. The first-order valence-electron chi connectivity index (χ1n) is 5.89. The molecule has 2 aromatic rings. The summed E-state index contributed by atoms with van der Waals surface area (Å²) in [5.74, 6) is -0.120. The second-order valence-electron chi connectivity index (χ2n) is 4.32. The summed E-state index contributed by atoms with van der Waals surface area (Å²) >= 11 is 5.83. The highest BCUT2D eigenvalue weighted by molar-refractivity contribution is 6.30. The van der Waals surface area contributed by atoms with E-state index in [1.165, 1.54) is 0 Å². The molecule has 0 fully saturated rings. The fraction of sp³-hybridized carbons (Fsp3) is 0.214. The van der Waals surface area contributed by atoms with Crippen molar-refractivity contribution in [3.63, 3.8) is 0 Å². The van der Waals surface area contributed by atoms with Gasteiger partial charge in [0.25, 0.3) is 0 Å². The lowest BCUT2D eigenvalue weighted by Crippen LogP contribution is -2.16. The van der Waals surface area contributed by atoms with Crippen molar-refractivity contribution in [2.75, 3.05) is 5.32 Å². The van der Waals surface area contributed by atoms with Crippen molar-refractivity contribution in [1.29, 1.82) is 0 Å². The molecule has 0 atom stereocenters. The minimum Gasteiger partial charge on any atom is -0.324 e. The highest BCUT2D eigenvalue weighted by atomic mass is 35.5. The molecule has 0 bridgehead atoms. The van der Waals surface area contributed by atoms with E-state index in [0.29, 0.717) is 10.8 Å². The lowest BCUT2D eigenvalue weighted by molar-refractivity contribution is -0.115. The van der Waals surface area contributed by atoms with Gasteiger partial charge in [0.05, 0.1) is 24.0 Å². The Morgan fingerprint density at radius 3 is 2.79 bits per heavy atom. The lowest BCUT2D eigenvalue weighted by Gasteiger charge is -2.07. The first-order valence-corrected chi connectivity index (χ1v) is 6.26. The smallest absolute Gasteiger partial charge is 0.230 e. The summed E-state index contributed by atoms with van der Waals surface area (Å²) in [5, 5.41) is 3.23. The van der Waals surface area contributed by atoms with Crippen LogP contribution in [-0.4, -0.2) is 15.9 Å². The predicted octanol–water partition coefficient (Wildman–Crippen LogP) is 2.93. The molecule has 5 heteroatoms. The summed E-state index contributed by atoms with van der Waals surface area (Å²) in [6, 6.07) is 5.57. The van der Waals surface area contributed by atoms with Gasteiger partial charge < -0.3 is 5.32 Å². The minimum absolute atomic E-state index is 0.120. The summed E-state index contributed by atoms with van der Waals surface area (Å²) in [7, 11) is 0. The van der Waals surface area contributed by atoms with E-state index >= 15 is 0 Å². The molecule has 0 saturated carbocycles. The van der Waals surface area contributed by atoms with Gasteiger partial charge in [0.1, 0.15) is 5.15 Å². The van der Waals surface area contributed by atoms with E-state index in [-0.39, 0.29) is 12.3 Å². The summed E-state index contributed by atoms with van der Waals surface area (Å²) < 4.78 is 0. The number of nitrogens with zero attached hydrogens (tertiary/aromatic N) is 2. The Kier molecular flexibility index (Phi) is 4.12. The third-order valence-electron chi connectivity index (χ3n) is 2.74. The molecule has 0 unspecified atom stereocenters. The second kappa shape index (κ2) is 5.80. The van der Waals surface area contributed by atoms with Gasteiger partial charge in [-0.2, -0.15) is 0 Å². The van der Waals surface area contributed by atoms with Gasteiger partial charge in [-0.25, -0.2) is 4.98 Å². The minimum atomic E-state index is -0.120. The molecule has 19 heavy (non-hydrogen) atoms. The molecule has 98 valence electrons. The molecule has 0 radical (unpaired) electrons. The average molecular weight is 276 g/mol. The summed E-state index contributed by atoms with van der Waals surface area (Å²) in [6.07, 6.45) is 3.47. The number of rotatable bonds is 3. The SMILES string of the molecule is Cc1cc(NC(=O)Cc2ncccc2C)cnc1Cl. The third-order valence-corrected chi connectivity index (χ3v) is 3.14. The van der Waals surface area contributed by atoms with Crippen LogP contribution in [0, 0.1) is 13.8 Å². The Morgan fingerprint density at radius 2 is 2.11 bits per heavy atom. The van der Waals surface area contributed by atoms with Crippen molar-refractivity contribution in [3.05, 3.63) is 52.6 Å². The number of halogens is 1. The summed E-state index contributed by atoms with van der Waals surface area (Å²) in [4.78, 5) is 20.1. The Labute approximate surface area is 116 Å². The number of hydrogen-bond donors (Lipinski definition) is 1. The number of aromatic nitrogens is 2. The van der Waals surface area contributed by atoms with Gasteiger partial charge in [0.2, 0.25) is 5.91 Å². The van der Waals surface area contributed by atoms with Gasteiger partial charge in [-0.1, -0.05) is 17.7 Å². The number of hydrogen-bond acceptors (Lipinski definition) is 3. The van der Waals surface area contributed by atoms with E-state index in [1.54, 1.807) is 18.5 Å². The summed E-state index contributed by atoms with van der Waals surface area (Å²) in [6.45, 7) is 3.78. The highest BCUT2D eigenvalue weighted by Crippen LogP contribution is 2.16. The first kappa shape index (κ1) is 13.5. The number of anilines is 1. The van der Waals surface area contributed by atoms with Crippen LogP contribution in [0.25, 0.3) is 0 Å². The maximum absolute atomic E-state index is 11.9. The van der Waals surface area contributed by atoms with Crippen molar-refractivity contribution < 1.29 is 4.79 Å². The normalized spacial score (nSPS) is 10.3. The van der Waals surface area contributed by atoms with E-state index in [4.69, 9.17) is 11.6 Å². The molecule has 0 aromatic carbocycles.